The molecule has 2 aromatic carbocycles. The predicted octanol–water partition coefficient (Wildman–Crippen LogP) is 5.57. The van der Waals surface area contributed by atoms with Crippen LogP contribution in [0.15, 0.2) is 53.9 Å². The van der Waals surface area contributed by atoms with Gasteiger partial charge in [0.1, 0.15) is 0 Å². The molecular weight excluding hydrogens is 328 g/mol. The molecule has 0 aliphatic rings. The van der Waals surface area contributed by atoms with Gasteiger partial charge in [0.05, 0.1) is 5.69 Å². The zero-order valence-electron chi connectivity index (χ0n) is 14.7. The van der Waals surface area contributed by atoms with Gasteiger partial charge in [0, 0.05) is 16.5 Å². The van der Waals surface area contributed by atoms with Crippen LogP contribution in [0.25, 0.3) is 11.3 Å². The fourth-order valence-electron chi connectivity index (χ4n) is 2.62. The van der Waals surface area contributed by atoms with Crippen molar-refractivity contribution in [1.29, 1.82) is 0 Å². The zero-order valence-corrected chi connectivity index (χ0v) is 15.6. The van der Waals surface area contributed by atoms with Crippen molar-refractivity contribution in [3.05, 3.63) is 70.6 Å². The molecule has 0 aliphatic heterocycles. The van der Waals surface area contributed by atoms with E-state index >= 15 is 0 Å². The van der Waals surface area contributed by atoms with Gasteiger partial charge in [-0.05, 0) is 37.0 Å². The van der Waals surface area contributed by atoms with E-state index in [0.29, 0.717) is 16.6 Å². The molecule has 3 aromatic rings. The normalized spacial score (nSPS) is 10.9. The van der Waals surface area contributed by atoms with Crippen molar-refractivity contribution < 1.29 is 4.79 Å². The van der Waals surface area contributed by atoms with Crippen LogP contribution in [0.1, 0.15) is 35.3 Å². The second kappa shape index (κ2) is 7.62. The van der Waals surface area contributed by atoms with E-state index in [1.54, 1.807) is 0 Å². The Morgan fingerprint density at radius 2 is 1.76 bits per heavy atom. The maximum absolute atomic E-state index is 12.3. The number of carbonyl (C=O) groups is 1. The van der Waals surface area contributed by atoms with Crippen LogP contribution in [0.2, 0.25) is 0 Å². The highest BCUT2D eigenvalue weighted by atomic mass is 32.1. The Morgan fingerprint density at radius 3 is 2.40 bits per heavy atom. The van der Waals surface area contributed by atoms with Crippen LogP contribution in [-0.2, 0) is 6.42 Å². The van der Waals surface area contributed by atoms with Crippen LogP contribution in [0, 0.1) is 12.8 Å². The summed E-state index contributed by atoms with van der Waals surface area (Å²) in [7, 11) is 0. The van der Waals surface area contributed by atoms with E-state index in [2.05, 4.69) is 48.4 Å². The third-order valence-electron chi connectivity index (χ3n) is 3.93. The van der Waals surface area contributed by atoms with Crippen molar-refractivity contribution in [3.63, 3.8) is 0 Å². The van der Waals surface area contributed by atoms with Crippen LogP contribution < -0.4 is 5.32 Å². The van der Waals surface area contributed by atoms with Crippen molar-refractivity contribution >= 4 is 22.4 Å². The Bertz CT molecular complexity index is 848. The molecule has 4 heteroatoms. The number of amides is 1. The molecule has 0 unspecified atom stereocenters. The number of nitrogens with one attached hydrogen (secondary N) is 1. The number of benzene rings is 2. The van der Waals surface area contributed by atoms with Crippen LogP contribution in [0.4, 0.5) is 5.13 Å². The molecule has 1 aromatic heterocycles. The molecule has 0 atom stereocenters. The van der Waals surface area contributed by atoms with Crippen molar-refractivity contribution in [2.45, 2.75) is 27.2 Å². The van der Waals surface area contributed by atoms with Gasteiger partial charge in [-0.3, -0.25) is 10.1 Å². The summed E-state index contributed by atoms with van der Waals surface area (Å²) >= 11 is 1.44. The first kappa shape index (κ1) is 17.4. The van der Waals surface area contributed by atoms with Gasteiger partial charge < -0.3 is 0 Å². The lowest BCUT2D eigenvalue weighted by Crippen LogP contribution is -2.11. The quantitative estimate of drug-likeness (QED) is 0.653. The summed E-state index contributed by atoms with van der Waals surface area (Å²) in [4.78, 5) is 16.8. The highest BCUT2D eigenvalue weighted by molar-refractivity contribution is 7.14. The van der Waals surface area contributed by atoms with Gasteiger partial charge in [-0.1, -0.05) is 55.8 Å². The van der Waals surface area contributed by atoms with Gasteiger partial charge >= 0.3 is 0 Å². The molecule has 1 heterocycles. The minimum Gasteiger partial charge on any atom is -0.298 e. The maximum atomic E-state index is 12.3. The lowest BCUT2D eigenvalue weighted by atomic mass is 10.0. The van der Waals surface area contributed by atoms with E-state index in [1.165, 1.54) is 16.9 Å². The van der Waals surface area contributed by atoms with Crippen molar-refractivity contribution in [2.24, 2.45) is 5.92 Å². The highest BCUT2D eigenvalue weighted by Gasteiger charge is 2.10. The molecule has 3 nitrogen and oxygen atoms in total. The first-order valence-electron chi connectivity index (χ1n) is 8.44. The first-order valence-corrected chi connectivity index (χ1v) is 9.32. The second-order valence-electron chi connectivity index (χ2n) is 6.65. The molecule has 0 aliphatic carbocycles. The summed E-state index contributed by atoms with van der Waals surface area (Å²) in [5, 5.41) is 5.47. The standard InChI is InChI=1S/C21H22N2OS/c1-14(2)12-16-6-10-17(11-7-16)19-13-25-21(22-19)23-20(24)18-8-4-15(3)5-9-18/h4-11,13-14H,12H2,1-3H3,(H,22,23,24). The number of aryl methyl sites for hydroxylation is 1. The second-order valence-corrected chi connectivity index (χ2v) is 7.51. The molecule has 0 spiro atoms. The molecule has 0 bridgehead atoms. The fourth-order valence-corrected chi connectivity index (χ4v) is 3.34. The zero-order chi connectivity index (χ0) is 17.8. The van der Waals surface area contributed by atoms with E-state index in [9.17, 15) is 4.79 Å². The Morgan fingerprint density at radius 1 is 1.08 bits per heavy atom. The first-order chi connectivity index (χ1) is 12.0. The lowest BCUT2D eigenvalue weighted by Gasteiger charge is -2.05. The van der Waals surface area contributed by atoms with Gasteiger partial charge in [-0.2, -0.15) is 0 Å². The van der Waals surface area contributed by atoms with E-state index in [1.807, 2.05) is 36.6 Å². The van der Waals surface area contributed by atoms with E-state index in [4.69, 9.17) is 0 Å². The topological polar surface area (TPSA) is 42.0 Å². The monoisotopic (exact) mass is 350 g/mol. The number of hydrogen-bond donors (Lipinski definition) is 1. The molecule has 0 saturated heterocycles. The molecule has 0 radical (unpaired) electrons. The summed E-state index contributed by atoms with van der Waals surface area (Å²) in [5.41, 5.74) is 5.07. The minimum absolute atomic E-state index is 0.131. The largest absolute Gasteiger partial charge is 0.298 e. The van der Waals surface area contributed by atoms with Gasteiger partial charge in [0.15, 0.2) is 5.13 Å². The van der Waals surface area contributed by atoms with E-state index in [-0.39, 0.29) is 5.91 Å². The number of rotatable bonds is 5. The van der Waals surface area contributed by atoms with Crippen LogP contribution in [-0.4, -0.2) is 10.9 Å². The Balaban J connectivity index is 1.69. The van der Waals surface area contributed by atoms with Gasteiger partial charge in [-0.15, -0.1) is 11.3 Å². The third kappa shape index (κ3) is 4.54. The molecule has 3 rings (SSSR count). The number of carbonyl (C=O) groups excluding carboxylic acids is 1. The predicted molar refractivity (Wildman–Crippen MR) is 105 cm³/mol. The average molecular weight is 350 g/mol. The Labute approximate surface area is 152 Å². The summed E-state index contributed by atoms with van der Waals surface area (Å²) in [5.74, 6) is 0.516. The van der Waals surface area contributed by atoms with Crippen LogP contribution in [0.3, 0.4) is 0 Å². The van der Waals surface area contributed by atoms with Crippen molar-refractivity contribution in [1.82, 2.24) is 4.98 Å². The Kier molecular flexibility index (Phi) is 5.29. The van der Waals surface area contributed by atoms with Crippen LogP contribution in [0.5, 0.6) is 0 Å². The molecule has 1 N–H and O–H groups in total. The Hall–Kier alpha value is -2.46. The van der Waals surface area contributed by atoms with Crippen molar-refractivity contribution in [3.8, 4) is 11.3 Å². The van der Waals surface area contributed by atoms with Crippen molar-refractivity contribution in [2.75, 3.05) is 5.32 Å². The average Bonchev–Trinajstić information content (AvgIpc) is 3.04. The fraction of sp³-hybridized carbons (Fsp3) is 0.238. The summed E-state index contributed by atoms with van der Waals surface area (Å²) in [6, 6.07) is 16.0. The molecule has 25 heavy (non-hydrogen) atoms. The summed E-state index contributed by atoms with van der Waals surface area (Å²) in [6.45, 7) is 6.44. The number of hydrogen-bond acceptors (Lipinski definition) is 3. The lowest BCUT2D eigenvalue weighted by molar-refractivity contribution is 0.102. The molecule has 0 saturated carbocycles. The van der Waals surface area contributed by atoms with Gasteiger partial charge in [-0.25, -0.2) is 4.98 Å². The van der Waals surface area contributed by atoms with Crippen LogP contribution >= 0.6 is 11.3 Å². The number of thiazole rings is 1. The third-order valence-corrected chi connectivity index (χ3v) is 4.69. The maximum Gasteiger partial charge on any atom is 0.257 e. The molecule has 1 amide bonds. The summed E-state index contributed by atoms with van der Waals surface area (Å²) < 4.78 is 0. The van der Waals surface area contributed by atoms with Gasteiger partial charge in [0.25, 0.3) is 5.91 Å². The molecule has 0 fully saturated rings. The number of anilines is 1. The summed E-state index contributed by atoms with van der Waals surface area (Å²) in [6.07, 6.45) is 1.08. The molecule has 128 valence electrons. The van der Waals surface area contributed by atoms with E-state index in [0.717, 1.165) is 23.2 Å². The van der Waals surface area contributed by atoms with E-state index < -0.39 is 0 Å². The van der Waals surface area contributed by atoms with Gasteiger partial charge in [0.2, 0.25) is 0 Å². The number of aromatic nitrogens is 1. The molecular formula is C21H22N2OS. The minimum atomic E-state index is -0.131. The SMILES string of the molecule is Cc1ccc(C(=O)Nc2nc(-c3ccc(CC(C)C)cc3)cs2)cc1. The number of nitrogens with zero attached hydrogens (tertiary/aromatic N) is 1. The highest BCUT2D eigenvalue weighted by Crippen LogP contribution is 2.26. The smallest absolute Gasteiger partial charge is 0.257 e.